The van der Waals surface area contributed by atoms with Crippen LogP contribution in [0.1, 0.15) is 23.6 Å². The van der Waals surface area contributed by atoms with Crippen LogP contribution in [0, 0.1) is 5.82 Å². The van der Waals surface area contributed by atoms with E-state index in [0.29, 0.717) is 17.0 Å². The van der Waals surface area contributed by atoms with Gasteiger partial charge in [0.1, 0.15) is 11.9 Å². The number of nitrogens with one attached hydrogen (secondary N) is 3. The average Bonchev–Trinajstić information content (AvgIpc) is 3.04. The van der Waals surface area contributed by atoms with E-state index in [1.54, 1.807) is 18.2 Å². The number of carbonyl (C=O) groups is 1. The first-order valence-corrected chi connectivity index (χ1v) is 7.79. The smallest absolute Gasteiger partial charge is 0.238 e. The maximum absolute atomic E-state index is 13.5. The quantitative estimate of drug-likeness (QED) is 0.806. The van der Waals surface area contributed by atoms with E-state index in [-0.39, 0.29) is 30.4 Å². The predicted molar refractivity (Wildman–Crippen MR) is 87.1 cm³/mol. The summed E-state index contributed by atoms with van der Waals surface area (Å²) in [7, 11) is 0. The Kier molecular flexibility index (Phi) is 4.91. The Morgan fingerprint density at radius 2 is 2.04 bits per heavy atom. The molecule has 1 aliphatic rings. The number of hydrogen-bond donors (Lipinski definition) is 3. The van der Waals surface area contributed by atoms with Gasteiger partial charge in [0.05, 0.1) is 0 Å². The van der Waals surface area contributed by atoms with Crippen molar-refractivity contribution in [1.82, 2.24) is 16.2 Å². The van der Waals surface area contributed by atoms with Gasteiger partial charge < -0.3 is 5.32 Å². The molecule has 0 radical (unpaired) electrons. The number of carbonyl (C=O) groups excluding carboxylic acids is 1. The Labute approximate surface area is 139 Å². The summed E-state index contributed by atoms with van der Waals surface area (Å²) in [6.45, 7) is 0.172. The molecule has 0 bridgehead atoms. The Morgan fingerprint density at radius 3 is 2.83 bits per heavy atom. The van der Waals surface area contributed by atoms with Gasteiger partial charge in [-0.15, -0.1) is 0 Å². The minimum Gasteiger partial charge on any atom is -0.351 e. The van der Waals surface area contributed by atoms with E-state index in [9.17, 15) is 9.18 Å². The summed E-state index contributed by atoms with van der Waals surface area (Å²) in [4.78, 5) is 12.2. The summed E-state index contributed by atoms with van der Waals surface area (Å²) in [5, 5.41) is 3.42. The van der Waals surface area contributed by atoms with Gasteiger partial charge in [-0.25, -0.2) is 15.2 Å². The second kappa shape index (κ2) is 7.08. The van der Waals surface area contributed by atoms with Crippen LogP contribution in [0.2, 0.25) is 5.02 Å². The molecule has 0 spiro atoms. The van der Waals surface area contributed by atoms with Gasteiger partial charge in [-0.1, -0.05) is 41.9 Å². The first-order chi connectivity index (χ1) is 11.1. The predicted octanol–water partition coefficient (Wildman–Crippen LogP) is 2.70. The molecular weight excluding hydrogens is 317 g/mol. The summed E-state index contributed by atoms with van der Waals surface area (Å²) >= 11 is 5.99. The lowest BCUT2D eigenvalue weighted by Gasteiger charge is -2.11. The summed E-state index contributed by atoms with van der Waals surface area (Å²) in [6, 6.07) is 13.6. The molecule has 3 N–H and O–H groups in total. The monoisotopic (exact) mass is 333 g/mol. The second-order valence-electron chi connectivity index (χ2n) is 5.49. The molecular formula is C17H17ClFN3O. The number of rotatable bonds is 4. The molecule has 120 valence electrons. The SMILES string of the molecule is O=C(NCc1ccccc1F)C1CC(c2cccc(Cl)c2)NN1. The minimum atomic E-state index is -0.370. The van der Waals surface area contributed by atoms with Crippen molar-refractivity contribution in [1.29, 1.82) is 0 Å². The Balaban J connectivity index is 1.56. The van der Waals surface area contributed by atoms with Crippen molar-refractivity contribution in [2.45, 2.75) is 25.0 Å². The van der Waals surface area contributed by atoms with Gasteiger partial charge in [-0.2, -0.15) is 0 Å². The first-order valence-electron chi connectivity index (χ1n) is 7.41. The summed E-state index contributed by atoms with van der Waals surface area (Å²) in [6.07, 6.45) is 0.601. The highest BCUT2D eigenvalue weighted by atomic mass is 35.5. The van der Waals surface area contributed by atoms with E-state index < -0.39 is 0 Å². The Bertz CT molecular complexity index is 710. The van der Waals surface area contributed by atoms with Crippen LogP contribution in [0.15, 0.2) is 48.5 Å². The molecule has 4 nitrogen and oxygen atoms in total. The fourth-order valence-electron chi connectivity index (χ4n) is 2.62. The van der Waals surface area contributed by atoms with Crippen molar-refractivity contribution >= 4 is 17.5 Å². The molecule has 1 heterocycles. The molecule has 1 aliphatic heterocycles. The standard InChI is InChI=1S/C17H17ClFN3O/c18-13-6-3-5-11(8-13)15-9-16(22-21-15)17(23)20-10-12-4-1-2-7-14(12)19/h1-8,15-16,21-22H,9-10H2,(H,20,23). The fourth-order valence-corrected chi connectivity index (χ4v) is 2.82. The third-order valence-electron chi connectivity index (χ3n) is 3.88. The third kappa shape index (κ3) is 3.88. The van der Waals surface area contributed by atoms with Gasteiger partial charge >= 0.3 is 0 Å². The van der Waals surface area contributed by atoms with Crippen LogP contribution in [0.5, 0.6) is 0 Å². The lowest BCUT2D eigenvalue weighted by molar-refractivity contribution is -0.123. The van der Waals surface area contributed by atoms with E-state index in [0.717, 1.165) is 5.56 Å². The summed E-state index contributed by atoms with van der Waals surface area (Å²) in [5.41, 5.74) is 7.57. The topological polar surface area (TPSA) is 53.2 Å². The van der Waals surface area contributed by atoms with Gasteiger partial charge in [-0.3, -0.25) is 4.79 Å². The maximum Gasteiger partial charge on any atom is 0.238 e. The summed E-state index contributed by atoms with van der Waals surface area (Å²) < 4.78 is 13.5. The molecule has 2 atom stereocenters. The lowest BCUT2D eigenvalue weighted by atomic mass is 10.0. The highest BCUT2D eigenvalue weighted by Crippen LogP contribution is 2.24. The van der Waals surface area contributed by atoms with E-state index in [2.05, 4.69) is 16.2 Å². The zero-order valence-corrected chi connectivity index (χ0v) is 13.1. The van der Waals surface area contributed by atoms with Gasteiger partial charge in [0.15, 0.2) is 0 Å². The van der Waals surface area contributed by atoms with Gasteiger partial charge in [0.25, 0.3) is 0 Å². The highest BCUT2D eigenvalue weighted by molar-refractivity contribution is 6.30. The zero-order valence-electron chi connectivity index (χ0n) is 12.4. The number of halogens is 2. The van der Waals surface area contributed by atoms with Crippen LogP contribution in [0.4, 0.5) is 4.39 Å². The average molecular weight is 334 g/mol. The molecule has 1 saturated heterocycles. The molecule has 1 fully saturated rings. The van der Waals surface area contributed by atoms with Gasteiger partial charge in [-0.05, 0) is 30.2 Å². The number of hydrazine groups is 1. The lowest BCUT2D eigenvalue weighted by Crippen LogP contribution is -2.42. The van der Waals surface area contributed by atoms with Crippen molar-refractivity contribution < 1.29 is 9.18 Å². The Morgan fingerprint density at radius 1 is 1.22 bits per heavy atom. The maximum atomic E-state index is 13.5. The molecule has 2 unspecified atom stereocenters. The normalized spacial score (nSPS) is 20.4. The molecule has 0 aliphatic carbocycles. The molecule has 0 aromatic heterocycles. The van der Waals surface area contributed by atoms with Crippen molar-refractivity contribution in [3.05, 3.63) is 70.5 Å². The molecule has 1 amide bonds. The van der Waals surface area contributed by atoms with Crippen molar-refractivity contribution in [2.24, 2.45) is 0 Å². The van der Waals surface area contributed by atoms with Gasteiger partial charge in [0.2, 0.25) is 5.91 Å². The van der Waals surface area contributed by atoms with Crippen LogP contribution < -0.4 is 16.2 Å². The van der Waals surface area contributed by atoms with E-state index in [1.807, 2.05) is 24.3 Å². The van der Waals surface area contributed by atoms with Crippen LogP contribution in [0.3, 0.4) is 0 Å². The zero-order chi connectivity index (χ0) is 16.2. The largest absolute Gasteiger partial charge is 0.351 e. The highest BCUT2D eigenvalue weighted by Gasteiger charge is 2.30. The third-order valence-corrected chi connectivity index (χ3v) is 4.12. The van der Waals surface area contributed by atoms with Crippen LogP contribution in [-0.2, 0) is 11.3 Å². The van der Waals surface area contributed by atoms with E-state index in [1.165, 1.54) is 6.07 Å². The molecule has 3 rings (SSSR count). The molecule has 2 aromatic rings. The fraction of sp³-hybridized carbons (Fsp3) is 0.235. The Hall–Kier alpha value is -1.95. The molecule has 2 aromatic carbocycles. The van der Waals surface area contributed by atoms with Crippen molar-refractivity contribution in [3.8, 4) is 0 Å². The first kappa shape index (κ1) is 15.9. The van der Waals surface area contributed by atoms with Crippen LogP contribution in [0.25, 0.3) is 0 Å². The van der Waals surface area contributed by atoms with Gasteiger partial charge in [0, 0.05) is 23.2 Å². The number of benzene rings is 2. The van der Waals surface area contributed by atoms with Crippen molar-refractivity contribution in [3.63, 3.8) is 0 Å². The van der Waals surface area contributed by atoms with Crippen LogP contribution >= 0.6 is 11.6 Å². The molecule has 23 heavy (non-hydrogen) atoms. The summed E-state index contributed by atoms with van der Waals surface area (Å²) in [5.74, 6) is -0.479. The van der Waals surface area contributed by atoms with E-state index in [4.69, 9.17) is 11.6 Å². The number of hydrogen-bond acceptors (Lipinski definition) is 3. The second-order valence-corrected chi connectivity index (χ2v) is 5.93. The minimum absolute atomic E-state index is 0.0120. The molecule has 0 saturated carbocycles. The van der Waals surface area contributed by atoms with Crippen LogP contribution in [-0.4, -0.2) is 11.9 Å². The molecule has 6 heteroatoms. The van der Waals surface area contributed by atoms with E-state index >= 15 is 0 Å². The van der Waals surface area contributed by atoms with Crippen molar-refractivity contribution in [2.75, 3.05) is 0 Å². The number of amides is 1.